The third-order valence-corrected chi connectivity index (χ3v) is 12.2. The number of cyclic esters (lactones) is 3. The van der Waals surface area contributed by atoms with Crippen LogP contribution in [-0.2, 0) is 52.4 Å². The maximum atomic E-state index is 14.6. The molecule has 0 N–H and O–H groups in total. The molecule has 9 atom stereocenters. The maximum absolute atomic E-state index is 14.6. The summed E-state index contributed by atoms with van der Waals surface area (Å²) < 4.78 is 37.7. The highest BCUT2D eigenvalue weighted by atomic mass is 16.7. The lowest BCUT2D eigenvalue weighted by Crippen LogP contribution is -2.77. The molecule has 0 amide bonds. The maximum Gasteiger partial charge on any atom is 0.344 e. The monoisotopic (exact) mass is 628 g/mol. The van der Waals surface area contributed by atoms with Crippen molar-refractivity contribution >= 4 is 29.8 Å². The van der Waals surface area contributed by atoms with E-state index >= 15 is 0 Å². The average molecular weight is 629 g/mol. The van der Waals surface area contributed by atoms with Crippen molar-refractivity contribution in [1.29, 1.82) is 0 Å². The van der Waals surface area contributed by atoms with E-state index in [9.17, 15) is 24.0 Å². The second kappa shape index (κ2) is 9.53. The molecule has 0 radical (unpaired) electrons. The van der Waals surface area contributed by atoms with Gasteiger partial charge in [-0.15, -0.1) is 0 Å². The van der Waals surface area contributed by atoms with Crippen molar-refractivity contribution in [3.8, 4) is 0 Å². The molecule has 4 saturated heterocycles. The Kier molecular flexibility index (Phi) is 6.97. The smallest absolute Gasteiger partial charge is 0.344 e. The number of esters is 5. The van der Waals surface area contributed by atoms with Gasteiger partial charge in [-0.05, 0) is 79.4 Å². The van der Waals surface area contributed by atoms with Gasteiger partial charge in [0.15, 0.2) is 11.7 Å². The summed E-state index contributed by atoms with van der Waals surface area (Å²) in [6.45, 7) is 24.7. The number of rotatable bonds is 4. The van der Waals surface area contributed by atoms with E-state index in [-0.39, 0.29) is 19.3 Å². The molecule has 4 aliphatic heterocycles. The molecule has 0 aromatic carbocycles. The minimum absolute atomic E-state index is 0.00999. The van der Waals surface area contributed by atoms with Gasteiger partial charge in [-0.1, -0.05) is 26.2 Å². The molecule has 5 fully saturated rings. The third kappa shape index (κ3) is 3.48. The predicted molar refractivity (Wildman–Crippen MR) is 158 cm³/mol. The van der Waals surface area contributed by atoms with Crippen molar-refractivity contribution in [2.45, 2.75) is 129 Å². The Bertz CT molecular complexity index is 1490. The van der Waals surface area contributed by atoms with Gasteiger partial charge in [-0.2, -0.15) is 0 Å². The lowest BCUT2D eigenvalue weighted by molar-refractivity contribution is -0.261. The van der Waals surface area contributed by atoms with Crippen LogP contribution in [0.25, 0.3) is 0 Å². The van der Waals surface area contributed by atoms with Crippen LogP contribution in [-0.4, -0.2) is 70.6 Å². The molecule has 0 aromatic rings. The lowest BCUT2D eigenvalue weighted by Gasteiger charge is -2.66. The summed E-state index contributed by atoms with van der Waals surface area (Å²) in [6, 6.07) is 0. The van der Waals surface area contributed by atoms with Gasteiger partial charge in [0.05, 0.1) is 5.41 Å². The average Bonchev–Trinajstić information content (AvgIpc) is 3.22. The van der Waals surface area contributed by atoms with Crippen molar-refractivity contribution in [2.24, 2.45) is 16.2 Å². The molecule has 5 rings (SSSR count). The highest BCUT2D eigenvalue weighted by Crippen LogP contribution is 2.79. The van der Waals surface area contributed by atoms with Crippen LogP contribution in [0.2, 0.25) is 0 Å². The molecule has 1 aliphatic carbocycles. The van der Waals surface area contributed by atoms with Gasteiger partial charge in [-0.3, -0.25) is 14.4 Å². The molecular formula is C34H44O11. The van der Waals surface area contributed by atoms with Gasteiger partial charge in [-0.25, -0.2) is 9.59 Å². The first-order valence-corrected chi connectivity index (χ1v) is 15.3. The molecule has 11 nitrogen and oxygen atoms in total. The second-order valence-corrected chi connectivity index (χ2v) is 14.3. The zero-order chi connectivity index (χ0) is 33.9. The number of hydrogen-bond donors (Lipinski definition) is 0. The summed E-state index contributed by atoms with van der Waals surface area (Å²) in [4.78, 5) is 68.3. The van der Waals surface area contributed by atoms with Crippen LogP contribution in [0.15, 0.2) is 36.0 Å². The van der Waals surface area contributed by atoms with Crippen LogP contribution in [0.1, 0.15) is 88.5 Å². The summed E-state index contributed by atoms with van der Waals surface area (Å²) in [5.74, 6) is -3.48. The van der Waals surface area contributed by atoms with Gasteiger partial charge in [0.2, 0.25) is 5.60 Å². The number of carbonyl (C=O) groups is 5. The summed E-state index contributed by atoms with van der Waals surface area (Å²) >= 11 is 0. The first-order chi connectivity index (χ1) is 20.6. The van der Waals surface area contributed by atoms with Crippen molar-refractivity contribution < 1.29 is 52.4 Å². The largest absolute Gasteiger partial charge is 0.459 e. The Morgan fingerprint density at radius 1 is 0.956 bits per heavy atom. The molecule has 2 bridgehead atoms. The fraction of sp³-hybridized carbons (Fsp3) is 0.676. The Morgan fingerprint density at radius 2 is 1.58 bits per heavy atom. The molecule has 1 unspecified atom stereocenters. The minimum Gasteiger partial charge on any atom is -0.459 e. The summed E-state index contributed by atoms with van der Waals surface area (Å²) in [5.41, 5.74) is -10.7. The second-order valence-electron chi connectivity index (χ2n) is 14.3. The first-order valence-electron chi connectivity index (χ1n) is 15.3. The number of hydrogen-bond acceptors (Lipinski definition) is 11. The SMILES string of the molecule is C=C1C23O[C@]4(C(=O)O[C@](C)(C(=C)C)[C@@H]2OC(C)=O)[C@H](C)OC(=O)[C@]4(C)[C@]3(C)[C@@H](OC(=O)/C(C)=C/C)C[C@]12CCC(=O)OC2(C)C. The topological polar surface area (TPSA) is 141 Å². The van der Waals surface area contributed by atoms with E-state index in [1.807, 2.05) is 0 Å². The van der Waals surface area contributed by atoms with E-state index in [0.717, 1.165) is 0 Å². The van der Waals surface area contributed by atoms with E-state index < -0.39 is 86.8 Å². The van der Waals surface area contributed by atoms with Crippen molar-refractivity contribution in [3.05, 3.63) is 36.0 Å². The van der Waals surface area contributed by atoms with Gasteiger partial charge < -0.3 is 28.4 Å². The number of ether oxygens (including phenoxy) is 6. The summed E-state index contributed by atoms with van der Waals surface area (Å²) in [5, 5.41) is 0. The highest BCUT2D eigenvalue weighted by molar-refractivity contribution is 5.98. The van der Waals surface area contributed by atoms with E-state index in [0.29, 0.717) is 16.7 Å². The van der Waals surface area contributed by atoms with E-state index in [1.165, 1.54) is 6.92 Å². The van der Waals surface area contributed by atoms with Crippen LogP contribution in [0.5, 0.6) is 0 Å². The molecule has 5 aliphatic rings. The molecule has 11 heteroatoms. The van der Waals surface area contributed by atoms with Crippen LogP contribution < -0.4 is 0 Å². The van der Waals surface area contributed by atoms with Gasteiger partial charge in [0.25, 0.3) is 0 Å². The number of carbonyl (C=O) groups excluding carboxylic acids is 5. The fourth-order valence-electron chi connectivity index (χ4n) is 9.06. The molecule has 3 spiro atoms. The molecule has 45 heavy (non-hydrogen) atoms. The molecular weight excluding hydrogens is 584 g/mol. The minimum atomic E-state index is -2.09. The number of fused-ring (bicyclic) bond motifs is 1. The Morgan fingerprint density at radius 3 is 2.11 bits per heavy atom. The Labute approximate surface area is 263 Å². The summed E-state index contributed by atoms with van der Waals surface area (Å²) in [7, 11) is 0. The lowest BCUT2D eigenvalue weighted by atomic mass is 9.39. The normalized spacial score (nSPS) is 45.0. The molecule has 0 aromatic heterocycles. The van der Waals surface area contributed by atoms with Gasteiger partial charge in [0.1, 0.15) is 28.8 Å². The van der Waals surface area contributed by atoms with Crippen LogP contribution in [0, 0.1) is 16.2 Å². The summed E-state index contributed by atoms with van der Waals surface area (Å²) in [6.07, 6.45) is -1.94. The van der Waals surface area contributed by atoms with E-state index in [1.54, 1.807) is 68.4 Å². The molecule has 4 heterocycles. The van der Waals surface area contributed by atoms with Gasteiger partial charge >= 0.3 is 29.8 Å². The van der Waals surface area contributed by atoms with Gasteiger partial charge in [0, 0.05) is 24.3 Å². The quantitative estimate of drug-likeness (QED) is 0.191. The first kappa shape index (κ1) is 32.9. The van der Waals surface area contributed by atoms with Crippen molar-refractivity contribution in [3.63, 3.8) is 0 Å². The van der Waals surface area contributed by atoms with Crippen LogP contribution in [0.4, 0.5) is 0 Å². The third-order valence-electron chi connectivity index (χ3n) is 12.2. The zero-order valence-corrected chi connectivity index (χ0v) is 27.8. The van der Waals surface area contributed by atoms with E-state index in [2.05, 4.69) is 13.2 Å². The Balaban J connectivity index is 1.98. The number of allylic oxidation sites excluding steroid dienone is 1. The predicted octanol–water partition coefficient (Wildman–Crippen LogP) is 4.22. The Hall–Kier alpha value is -3.47. The van der Waals surface area contributed by atoms with E-state index in [4.69, 9.17) is 28.4 Å². The van der Waals surface area contributed by atoms with Crippen molar-refractivity contribution in [1.82, 2.24) is 0 Å². The van der Waals surface area contributed by atoms with Crippen molar-refractivity contribution in [2.75, 3.05) is 0 Å². The highest BCUT2D eigenvalue weighted by Gasteiger charge is 2.95. The molecule has 246 valence electrons. The van der Waals surface area contributed by atoms with Crippen LogP contribution in [0.3, 0.4) is 0 Å². The zero-order valence-electron chi connectivity index (χ0n) is 27.8. The fourth-order valence-corrected chi connectivity index (χ4v) is 9.06. The molecule has 1 saturated carbocycles. The van der Waals surface area contributed by atoms with Crippen LogP contribution >= 0.6 is 0 Å². The standard InChI is InChI=1S/C34H44O11/c1-13-18(4)24(37)42-22-16-32(15-14-23(36)43-28(32,8)9)19(5)33-25(41-21(7)35)29(10,17(2)3)44-27(39)34(45-33)20(6)40-26(38)31(34,12)30(22,33)11/h13,20,22,25H,2,5,14-16H2,1,3-4,6-12H3/b18-13+/t20-,22-,25-,29+,30-,31+,32+,33?,34-/m0/s1.